The van der Waals surface area contributed by atoms with Gasteiger partial charge in [0, 0.05) is 37.9 Å². The van der Waals surface area contributed by atoms with Gasteiger partial charge < -0.3 is 14.5 Å². The van der Waals surface area contributed by atoms with Crippen LogP contribution in [0.2, 0.25) is 0 Å². The Morgan fingerprint density at radius 3 is 2.92 bits per heavy atom. The molecule has 2 aromatic rings. The smallest absolute Gasteiger partial charge is 0.218 e. The van der Waals surface area contributed by atoms with Gasteiger partial charge in [0.15, 0.2) is 0 Å². The number of rotatable bonds is 4. The number of benzene rings is 1. The molecule has 1 atom stereocenters. The number of likely N-dealkylation sites (N-methyl/N-ethyl adjacent to an activating group) is 1. The van der Waals surface area contributed by atoms with Crippen LogP contribution in [0.4, 0.5) is 15.9 Å². The lowest BCUT2D eigenvalue weighted by molar-refractivity contribution is 0.396. The Labute approximate surface area is 146 Å². The van der Waals surface area contributed by atoms with Crippen LogP contribution in [0.5, 0.6) is 5.88 Å². The second-order valence-electron chi connectivity index (χ2n) is 6.08. The highest BCUT2D eigenvalue weighted by molar-refractivity contribution is 5.53. The molecule has 0 aliphatic carbocycles. The van der Waals surface area contributed by atoms with E-state index in [1.54, 1.807) is 19.2 Å². The summed E-state index contributed by atoms with van der Waals surface area (Å²) in [4.78, 5) is 12.6. The van der Waals surface area contributed by atoms with Crippen LogP contribution in [0, 0.1) is 17.1 Å². The second-order valence-corrected chi connectivity index (χ2v) is 6.08. The van der Waals surface area contributed by atoms with Crippen LogP contribution in [-0.4, -0.2) is 43.3 Å². The average Bonchev–Trinajstić information content (AvgIpc) is 2.67. The quantitative estimate of drug-likeness (QED) is 0.852. The lowest BCUT2D eigenvalue weighted by atomic mass is 10.0. The van der Waals surface area contributed by atoms with Crippen molar-refractivity contribution in [3.8, 4) is 11.9 Å². The van der Waals surface area contributed by atoms with E-state index in [4.69, 9.17) is 10.00 Å². The summed E-state index contributed by atoms with van der Waals surface area (Å²) in [5.74, 6) is 0.925. The van der Waals surface area contributed by atoms with Gasteiger partial charge in [-0.25, -0.2) is 14.4 Å². The largest absolute Gasteiger partial charge is 0.481 e. The number of halogens is 1. The van der Waals surface area contributed by atoms with Crippen molar-refractivity contribution in [3.63, 3.8) is 0 Å². The Hall–Kier alpha value is -2.88. The molecule has 2 heterocycles. The van der Waals surface area contributed by atoms with Gasteiger partial charge in [0.25, 0.3) is 0 Å². The van der Waals surface area contributed by atoms with Crippen LogP contribution in [0.1, 0.15) is 18.4 Å². The van der Waals surface area contributed by atoms with Crippen molar-refractivity contribution in [2.24, 2.45) is 0 Å². The first-order chi connectivity index (χ1) is 12.1. The summed E-state index contributed by atoms with van der Waals surface area (Å²) in [6, 6.07) is 8.51. The van der Waals surface area contributed by atoms with Crippen molar-refractivity contribution in [1.29, 1.82) is 5.26 Å². The molecule has 1 unspecified atom stereocenters. The van der Waals surface area contributed by atoms with Crippen molar-refractivity contribution >= 4 is 11.5 Å². The molecule has 1 aromatic heterocycles. The fraction of sp³-hybridized carbons (Fsp3) is 0.389. The minimum atomic E-state index is -0.384. The molecule has 1 aliphatic rings. The van der Waals surface area contributed by atoms with Crippen molar-refractivity contribution in [2.45, 2.75) is 18.9 Å². The normalized spacial score (nSPS) is 17.0. The Bertz CT molecular complexity index is 791. The second kappa shape index (κ2) is 7.34. The summed E-state index contributed by atoms with van der Waals surface area (Å²) in [5.41, 5.74) is 1.08. The molecule has 3 rings (SSSR count). The van der Waals surface area contributed by atoms with Crippen LogP contribution in [0.25, 0.3) is 0 Å². The van der Waals surface area contributed by atoms with Gasteiger partial charge in [-0.2, -0.15) is 5.26 Å². The molecule has 25 heavy (non-hydrogen) atoms. The highest BCUT2D eigenvalue weighted by Crippen LogP contribution is 2.26. The van der Waals surface area contributed by atoms with Crippen LogP contribution in [0.3, 0.4) is 0 Å². The van der Waals surface area contributed by atoms with E-state index in [9.17, 15) is 4.39 Å². The maximum Gasteiger partial charge on any atom is 0.218 e. The zero-order valence-electron chi connectivity index (χ0n) is 14.3. The monoisotopic (exact) mass is 341 g/mol. The van der Waals surface area contributed by atoms with Gasteiger partial charge in [0.05, 0.1) is 18.7 Å². The van der Waals surface area contributed by atoms with Gasteiger partial charge in [0.1, 0.15) is 18.0 Å². The van der Waals surface area contributed by atoms with E-state index in [0.29, 0.717) is 11.4 Å². The third-order valence-electron chi connectivity index (χ3n) is 4.52. The fourth-order valence-corrected chi connectivity index (χ4v) is 3.15. The molecule has 0 amide bonds. The van der Waals surface area contributed by atoms with Gasteiger partial charge >= 0.3 is 0 Å². The summed E-state index contributed by atoms with van der Waals surface area (Å²) in [6.45, 7) is 1.57. The van der Waals surface area contributed by atoms with Gasteiger partial charge in [-0.1, -0.05) is 0 Å². The lowest BCUT2D eigenvalue weighted by Crippen LogP contribution is -2.47. The molecule has 0 saturated carbocycles. The van der Waals surface area contributed by atoms with E-state index in [1.807, 2.05) is 13.1 Å². The van der Waals surface area contributed by atoms with Gasteiger partial charge in [0.2, 0.25) is 5.88 Å². The number of nitriles is 1. The predicted octanol–water partition coefficient (Wildman–Crippen LogP) is 2.60. The Balaban J connectivity index is 1.79. The number of piperidine rings is 1. The van der Waals surface area contributed by atoms with E-state index >= 15 is 0 Å². The van der Waals surface area contributed by atoms with Crippen LogP contribution < -0.4 is 14.5 Å². The number of aromatic nitrogens is 2. The summed E-state index contributed by atoms with van der Waals surface area (Å²) in [5, 5.41) is 9.05. The molecule has 1 saturated heterocycles. The molecule has 1 fully saturated rings. The van der Waals surface area contributed by atoms with E-state index < -0.39 is 0 Å². The summed E-state index contributed by atoms with van der Waals surface area (Å²) >= 11 is 0. The van der Waals surface area contributed by atoms with Crippen LogP contribution >= 0.6 is 0 Å². The Kier molecular flexibility index (Phi) is 4.98. The van der Waals surface area contributed by atoms with Crippen LogP contribution in [-0.2, 0) is 0 Å². The Morgan fingerprint density at radius 2 is 2.16 bits per heavy atom. The number of anilines is 2. The molecule has 0 N–H and O–H groups in total. The number of hydrogen-bond donors (Lipinski definition) is 0. The maximum absolute atomic E-state index is 13.8. The third-order valence-corrected chi connectivity index (χ3v) is 4.52. The number of nitrogens with zero attached hydrogens (tertiary/aromatic N) is 5. The van der Waals surface area contributed by atoms with Crippen LogP contribution in [0.15, 0.2) is 30.6 Å². The van der Waals surface area contributed by atoms with Crippen molar-refractivity contribution < 1.29 is 9.13 Å². The summed E-state index contributed by atoms with van der Waals surface area (Å²) in [6.07, 6.45) is 3.48. The Morgan fingerprint density at radius 1 is 1.32 bits per heavy atom. The van der Waals surface area contributed by atoms with Crippen molar-refractivity contribution in [3.05, 3.63) is 42.0 Å². The molecule has 7 heteroatoms. The number of ether oxygens (including phenoxy) is 1. The van der Waals surface area contributed by atoms with E-state index in [0.717, 1.165) is 37.4 Å². The summed E-state index contributed by atoms with van der Waals surface area (Å²) in [7, 11) is 3.56. The zero-order chi connectivity index (χ0) is 17.8. The minimum Gasteiger partial charge on any atom is -0.481 e. The van der Waals surface area contributed by atoms with Gasteiger partial charge in [-0.05, 0) is 31.0 Å². The topological polar surface area (TPSA) is 65.3 Å². The van der Waals surface area contributed by atoms with E-state index in [2.05, 4.69) is 19.8 Å². The molecule has 130 valence electrons. The molecule has 6 nitrogen and oxygen atoms in total. The third kappa shape index (κ3) is 3.79. The molecular formula is C18H20FN5O. The molecule has 0 spiro atoms. The van der Waals surface area contributed by atoms with Crippen molar-refractivity contribution in [2.75, 3.05) is 37.0 Å². The standard InChI is InChI=1S/C18H20FN5O/c1-23(17-9-18(25-2)22-12-21-17)15-4-3-5-24(11-15)16-7-13(10-20)6-14(19)8-16/h6-9,12,15H,3-5,11H2,1-2H3. The number of hydrogen-bond acceptors (Lipinski definition) is 6. The SMILES string of the molecule is COc1cc(N(C)C2CCCN(c3cc(F)cc(C#N)c3)C2)ncn1. The average molecular weight is 341 g/mol. The maximum atomic E-state index is 13.8. The molecule has 1 aromatic carbocycles. The first-order valence-corrected chi connectivity index (χ1v) is 8.15. The number of methoxy groups -OCH3 is 1. The predicted molar refractivity (Wildman–Crippen MR) is 93.3 cm³/mol. The first-order valence-electron chi connectivity index (χ1n) is 8.15. The summed E-state index contributed by atoms with van der Waals surface area (Å²) < 4.78 is 18.9. The molecule has 0 bridgehead atoms. The zero-order valence-corrected chi connectivity index (χ0v) is 14.3. The van der Waals surface area contributed by atoms with Gasteiger partial charge in [-0.3, -0.25) is 0 Å². The lowest BCUT2D eigenvalue weighted by Gasteiger charge is -2.39. The van der Waals surface area contributed by atoms with Gasteiger partial charge in [-0.15, -0.1) is 0 Å². The van der Waals surface area contributed by atoms with E-state index in [-0.39, 0.29) is 11.9 Å². The highest BCUT2D eigenvalue weighted by Gasteiger charge is 2.25. The van der Waals surface area contributed by atoms with E-state index in [1.165, 1.54) is 18.5 Å². The molecule has 0 radical (unpaired) electrons. The first kappa shape index (κ1) is 17.0. The highest BCUT2D eigenvalue weighted by atomic mass is 19.1. The molecular weight excluding hydrogens is 321 g/mol. The molecule has 1 aliphatic heterocycles. The minimum absolute atomic E-state index is 0.224. The van der Waals surface area contributed by atoms with Crippen molar-refractivity contribution in [1.82, 2.24) is 9.97 Å². The fourth-order valence-electron chi connectivity index (χ4n) is 3.15.